The molecule has 0 aromatic heterocycles. The second-order valence-corrected chi connectivity index (χ2v) is 6.06. The van der Waals surface area contributed by atoms with Crippen LogP contribution in [0.1, 0.15) is 51.5 Å². The molecule has 1 amide bonds. The Morgan fingerprint density at radius 3 is 2.38 bits per heavy atom. The molecule has 2 atom stereocenters. The molecule has 0 saturated heterocycles. The van der Waals surface area contributed by atoms with Crippen LogP contribution in [0.5, 0.6) is 0 Å². The normalized spacial score (nSPS) is 20.6. The fraction of sp³-hybridized carbons (Fsp3) is 0.611. The minimum absolute atomic E-state index is 0.102. The summed E-state index contributed by atoms with van der Waals surface area (Å²) in [7, 11) is 0. The Labute approximate surface area is 127 Å². The number of carbonyl (C=O) groups is 1. The molecule has 116 valence electrons. The van der Waals surface area contributed by atoms with Gasteiger partial charge in [-0.15, -0.1) is 0 Å². The van der Waals surface area contributed by atoms with E-state index in [0.717, 1.165) is 37.9 Å². The molecule has 0 spiro atoms. The fourth-order valence-corrected chi connectivity index (χ4v) is 3.01. The topological polar surface area (TPSA) is 20.3 Å². The van der Waals surface area contributed by atoms with Gasteiger partial charge in [-0.25, -0.2) is 4.39 Å². The van der Waals surface area contributed by atoms with Crippen LogP contribution in [0.4, 0.5) is 4.39 Å². The minimum Gasteiger partial charge on any atom is -0.342 e. The number of benzene rings is 1. The van der Waals surface area contributed by atoms with Crippen LogP contribution in [0.25, 0.3) is 0 Å². The molecule has 1 saturated carbocycles. The van der Waals surface area contributed by atoms with E-state index in [1.165, 1.54) is 12.1 Å². The summed E-state index contributed by atoms with van der Waals surface area (Å²) in [6, 6.07) is 6.59. The summed E-state index contributed by atoms with van der Waals surface area (Å²) in [5.41, 5.74) is 1.09. The average Bonchev–Trinajstić information content (AvgIpc) is 3.29. The molecule has 1 aromatic carbocycles. The zero-order valence-corrected chi connectivity index (χ0v) is 13.3. The highest BCUT2D eigenvalue weighted by Gasteiger charge is 2.45. The van der Waals surface area contributed by atoms with E-state index < -0.39 is 0 Å². The molecule has 0 N–H and O–H groups in total. The van der Waals surface area contributed by atoms with Crippen molar-refractivity contribution in [3.8, 4) is 0 Å². The first-order valence-corrected chi connectivity index (χ1v) is 8.14. The summed E-state index contributed by atoms with van der Waals surface area (Å²) >= 11 is 0. The summed E-state index contributed by atoms with van der Waals surface area (Å²) < 4.78 is 13.0. The zero-order chi connectivity index (χ0) is 15.4. The largest absolute Gasteiger partial charge is 0.342 e. The smallest absolute Gasteiger partial charge is 0.226 e. The SMILES string of the molecule is CCC(CC)CN(CC)C(=O)C1CC1c1ccc(F)cc1. The maximum atomic E-state index is 13.0. The number of hydrogen-bond donors (Lipinski definition) is 0. The van der Waals surface area contributed by atoms with E-state index in [1.807, 2.05) is 17.0 Å². The van der Waals surface area contributed by atoms with E-state index in [0.29, 0.717) is 5.92 Å². The average molecular weight is 291 g/mol. The molecule has 1 fully saturated rings. The van der Waals surface area contributed by atoms with Gasteiger partial charge in [-0.05, 0) is 42.9 Å². The predicted octanol–water partition coefficient (Wildman–Crippen LogP) is 4.21. The van der Waals surface area contributed by atoms with Crippen LogP contribution >= 0.6 is 0 Å². The van der Waals surface area contributed by atoms with Crippen molar-refractivity contribution in [3.63, 3.8) is 0 Å². The maximum absolute atomic E-state index is 13.0. The Hall–Kier alpha value is -1.38. The first-order chi connectivity index (χ1) is 10.1. The molecule has 21 heavy (non-hydrogen) atoms. The van der Waals surface area contributed by atoms with Gasteiger partial charge in [-0.1, -0.05) is 38.8 Å². The van der Waals surface area contributed by atoms with Gasteiger partial charge in [0, 0.05) is 19.0 Å². The summed E-state index contributed by atoms with van der Waals surface area (Å²) in [4.78, 5) is 14.6. The Morgan fingerprint density at radius 1 is 1.24 bits per heavy atom. The third kappa shape index (κ3) is 3.84. The highest BCUT2D eigenvalue weighted by atomic mass is 19.1. The van der Waals surface area contributed by atoms with Crippen molar-refractivity contribution in [1.29, 1.82) is 0 Å². The van der Waals surface area contributed by atoms with Gasteiger partial charge in [0.15, 0.2) is 0 Å². The van der Waals surface area contributed by atoms with Crippen LogP contribution in [0.15, 0.2) is 24.3 Å². The van der Waals surface area contributed by atoms with Gasteiger partial charge in [0.05, 0.1) is 0 Å². The van der Waals surface area contributed by atoms with Crippen LogP contribution in [-0.2, 0) is 4.79 Å². The predicted molar refractivity (Wildman–Crippen MR) is 83.6 cm³/mol. The van der Waals surface area contributed by atoms with Crippen LogP contribution in [0.2, 0.25) is 0 Å². The second-order valence-electron chi connectivity index (χ2n) is 6.06. The van der Waals surface area contributed by atoms with Crippen LogP contribution in [0, 0.1) is 17.7 Å². The fourth-order valence-electron chi connectivity index (χ4n) is 3.01. The molecule has 2 rings (SSSR count). The zero-order valence-electron chi connectivity index (χ0n) is 13.3. The van der Waals surface area contributed by atoms with Gasteiger partial charge >= 0.3 is 0 Å². The van der Waals surface area contributed by atoms with Crippen LogP contribution in [-0.4, -0.2) is 23.9 Å². The number of amides is 1. The summed E-state index contributed by atoms with van der Waals surface area (Å²) in [6.07, 6.45) is 3.14. The maximum Gasteiger partial charge on any atom is 0.226 e. The number of rotatable bonds is 7. The number of nitrogens with zero attached hydrogens (tertiary/aromatic N) is 1. The molecule has 1 aliphatic carbocycles. The summed E-state index contributed by atoms with van der Waals surface area (Å²) in [5.74, 6) is 1.04. The Bertz CT molecular complexity index is 467. The molecule has 1 aromatic rings. The van der Waals surface area contributed by atoms with Gasteiger partial charge < -0.3 is 4.90 Å². The first-order valence-electron chi connectivity index (χ1n) is 8.14. The van der Waals surface area contributed by atoms with Gasteiger partial charge in [0.25, 0.3) is 0 Å². The molecular weight excluding hydrogens is 265 g/mol. The third-order valence-electron chi connectivity index (χ3n) is 4.73. The number of carbonyl (C=O) groups excluding carboxylic acids is 1. The molecule has 1 aliphatic rings. The Kier molecular flexibility index (Phi) is 5.38. The van der Waals surface area contributed by atoms with Crippen molar-refractivity contribution in [3.05, 3.63) is 35.6 Å². The van der Waals surface area contributed by atoms with Gasteiger partial charge in [-0.3, -0.25) is 4.79 Å². The van der Waals surface area contributed by atoms with Crippen molar-refractivity contribution in [2.75, 3.05) is 13.1 Å². The van der Waals surface area contributed by atoms with E-state index in [2.05, 4.69) is 20.8 Å². The molecule has 0 heterocycles. The van der Waals surface area contributed by atoms with Gasteiger partial charge in [0.2, 0.25) is 5.91 Å². The first kappa shape index (κ1) is 16.0. The highest BCUT2D eigenvalue weighted by Crippen LogP contribution is 2.48. The minimum atomic E-state index is -0.216. The van der Waals surface area contributed by atoms with E-state index in [9.17, 15) is 9.18 Å². The monoisotopic (exact) mass is 291 g/mol. The molecule has 2 nitrogen and oxygen atoms in total. The van der Waals surface area contributed by atoms with Crippen molar-refractivity contribution in [1.82, 2.24) is 4.90 Å². The highest BCUT2D eigenvalue weighted by molar-refractivity contribution is 5.83. The molecule has 2 unspecified atom stereocenters. The van der Waals surface area contributed by atoms with Crippen LogP contribution < -0.4 is 0 Å². The van der Waals surface area contributed by atoms with Crippen molar-refractivity contribution < 1.29 is 9.18 Å². The van der Waals surface area contributed by atoms with Crippen molar-refractivity contribution >= 4 is 5.91 Å². The number of hydrogen-bond acceptors (Lipinski definition) is 1. The van der Waals surface area contributed by atoms with Crippen LogP contribution in [0.3, 0.4) is 0 Å². The number of halogens is 1. The lowest BCUT2D eigenvalue weighted by atomic mass is 10.0. The summed E-state index contributed by atoms with van der Waals surface area (Å²) in [6.45, 7) is 8.07. The van der Waals surface area contributed by atoms with Crippen molar-refractivity contribution in [2.45, 2.75) is 46.0 Å². The lowest BCUT2D eigenvalue weighted by Crippen LogP contribution is -2.36. The molecule has 0 aliphatic heterocycles. The Balaban J connectivity index is 1.95. The summed E-state index contributed by atoms with van der Waals surface area (Å²) in [5, 5.41) is 0. The van der Waals surface area contributed by atoms with Crippen molar-refractivity contribution in [2.24, 2.45) is 11.8 Å². The van der Waals surface area contributed by atoms with Gasteiger partial charge in [-0.2, -0.15) is 0 Å². The third-order valence-corrected chi connectivity index (χ3v) is 4.73. The lowest BCUT2D eigenvalue weighted by molar-refractivity contribution is -0.133. The quantitative estimate of drug-likeness (QED) is 0.737. The van der Waals surface area contributed by atoms with E-state index >= 15 is 0 Å². The standard InChI is InChI=1S/C18H26FNO/c1-4-13(5-2)12-20(6-3)18(21)17-11-16(17)14-7-9-15(19)10-8-14/h7-10,13,16-17H,4-6,11-12H2,1-3H3. The van der Waals surface area contributed by atoms with E-state index in [-0.39, 0.29) is 23.6 Å². The molecule has 0 bridgehead atoms. The molecular formula is C18H26FNO. The lowest BCUT2D eigenvalue weighted by Gasteiger charge is -2.25. The molecule has 0 radical (unpaired) electrons. The van der Waals surface area contributed by atoms with E-state index in [4.69, 9.17) is 0 Å². The van der Waals surface area contributed by atoms with E-state index in [1.54, 1.807) is 0 Å². The Morgan fingerprint density at radius 2 is 1.86 bits per heavy atom. The molecule has 3 heteroatoms. The second kappa shape index (κ2) is 7.06. The van der Waals surface area contributed by atoms with Gasteiger partial charge in [0.1, 0.15) is 5.82 Å².